The van der Waals surface area contributed by atoms with E-state index < -0.39 is 17.6 Å². The Balaban J connectivity index is 1.47. The summed E-state index contributed by atoms with van der Waals surface area (Å²) in [5.41, 5.74) is 1.35. The molecule has 3 aromatic rings. The zero-order chi connectivity index (χ0) is 24.6. The summed E-state index contributed by atoms with van der Waals surface area (Å²) < 4.78 is 52.4. The highest BCUT2D eigenvalue weighted by atomic mass is 19.4. The molecule has 0 atom stereocenters. The van der Waals surface area contributed by atoms with Gasteiger partial charge < -0.3 is 24.6 Å². The summed E-state index contributed by atoms with van der Waals surface area (Å²) in [5, 5.41) is 3.05. The molecule has 1 amide bonds. The quantitative estimate of drug-likeness (QED) is 0.559. The summed E-state index contributed by atoms with van der Waals surface area (Å²) in [5.74, 6) is 0.201. The van der Waals surface area contributed by atoms with Crippen LogP contribution in [-0.2, 0) is 17.5 Å². The van der Waals surface area contributed by atoms with Gasteiger partial charge in [-0.1, -0.05) is 18.2 Å². The predicted octanol–water partition coefficient (Wildman–Crippen LogP) is 4.85. The molecule has 0 radical (unpaired) electrons. The Labute approximate surface area is 200 Å². The Morgan fingerprint density at radius 1 is 1.09 bits per heavy atom. The van der Waals surface area contributed by atoms with Gasteiger partial charge in [0.2, 0.25) is 0 Å². The van der Waals surface area contributed by atoms with Crippen LogP contribution in [-0.4, -0.2) is 44.3 Å². The molecule has 2 aliphatic heterocycles. The number of halogens is 3. The van der Waals surface area contributed by atoms with Crippen LogP contribution in [0, 0.1) is 0 Å². The molecule has 1 saturated heterocycles. The monoisotopic (exact) mass is 484 g/mol. The normalized spacial score (nSPS) is 15.8. The van der Waals surface area contributed by atoms with Gasteiger partial charge >= 0.3 is 6.18 Å². The predicted molar refractivity (Wildman–Crippen MR) is 126 cm³/mol. The summed E-state index contributed by atoms with van der Waals surface area (Å²) in [7, 11) is 1.52. The Kier molecular flexibility index (Phi) is 5.98. The van der Waals surface area contributed by atoms with Gasteiger partial charge in [0.05, 0.1) is 43.8 Å². The minimum atomic E-state index is -4.67. The van der Waals surface area contributed by atoms with Crippen LogP contribution in [0.5, 0.6) is 5.75 Å². The van der Waals surface area contributed by atoms with Gasteiger partial charge in [-0.15, -0.1) is 0 Å². The van der Waals surface area contributed by atoms with E-state index in [1.54, 1.807) is 30.3 Å². The fourth-order valence-electron chi connectivity index (χ4n) is 4.34. The van der Waals surface area contributed by atoms with Crippen molar-refractivity contribution in [2.75, 3.05) is 48.5 Å². The van der Waals surface area contributed by atoms with Crippen molar-refractivity contribution in [1.82, 2.24) is 4.98 Å². The topological polar surface area (TPSA) is 66.9 Å². The molecule has 1 aromatic heterocycles. The third-order valence-corrected chi connectivity index (χ3v) is 6.12. The van der Waals surface area contributed by atoms with Crippen molar-refractivity contribution in [2.24, 2.45) is 0 Å². The molecule has 1 N–H and O–H groups in total. The number of anilines is 4. The number of carbonyl (C=O) groups is 1. The lowest BCUT2D eigenvalue weighted by atomic mass is 10.1. The lowest BCUT2D eigenvalue weighted by molar-refractivity contribution is -0.137. The molecule has 3 heterocycles. The molecule has 182 valence electrons. The maximum atomic E-state index is 13.8. The first-order valence-corrected chi connectivity index (χ1v) is 11.1. The highest BCUT2D eigenvalue weighted by molar-refractivity contribution is 6.10. The molecular weight excluding hydrogens is 461 g/mol. The van der Waals surface area contributed by atoms with E-state index in [2.05, 4.69) is 15.2 Å². The third kappa shape index (κ3) is 4.49. The van der Waals surface area contributed by atoms with E-state index >= 15 is 0 Å². The third-order valence-electron chi connectivity index (χ3n) is 6.12. The number of ether oxygens (including phenoxy) is 2. The summed E-state index contributed by atoms with van der Waals surface area (Å²) in [6.45, 7) is 2.84. The summed E-state index contributed by atoms with van der Waals surface area (Å²) in [6.07, 6.45) is -3.92. The van der Waals surface area contributed by atoms with Crippen molar-refractivity contribution in [3.63, 3.8) is 0 Å². The molecule has 10 heteroatoms. The number of morpholine rings is 1. The molecular formula is C25H23F3N4O3. The van der Waals surface area contributed by atoms with Crippen molar-refractivity contribution >= 4 is 28.8 Å². The summed E-state index contributed by atoms with van der Waals surface area (Å²) in [4.78, 5) is 20.2. The first kappa shape index (κ1) is 23.0. The van der Waals surface area contributed by atoms with Crippen LogP contribution in [0.4, 0.5) is 36.1 Å². The average Bonchev–Trinajstić information content (AvgIpc) is 3.20. The Morgan fingerprint density at radius 3 is 2.57 bits per heavy atom. The second kappa shape index (κ2) is 9.10. The molecule has 2 aromatic carbocycles. The fraction of sp³-hybridized carbons (Fsp3) is 0.280. The van der Waals surface area contributed by atoms with Crippen molar-refractivity contribution in [3.05, 3.63) is 71.4 Å². The van der Waals surface area contributed by atoms with Crippen LogP contribution in [0.1, 0.15) is 21.5 Å². The molecule has 7 nitrogen and oxygen atoms in total. The number of fused-ring (bicyclic) bond motifs is 1. The minimum Gasteiger partial charge on any atom is -0.494 e. The van der Waals surface area contributed by atoms with Crippen molar-refractivity contribution in [3.8, 4) is 5.75 Å². The highest BCUT2D eigenvalue weighted by Crippen LogP contribution is 2.41. The Bertz CT molecular complexity index is 1260. The first-order chi connectivity index (χ1) is 16.8. The number of aromatic nitrogens is 1. The standard InChI is InChI=1S/C25H23F3N4O3/c1-34-22-12-17(31-8-10-35-11-9-31)6-7-20(22)30-23-13-21(19(14-29-23)25(26,27)28)32-15-16-4-2-3-5-18(16)24(32)33/h2-7,12-14H,8-11,15H2,1H3,(H,29,30). The van der Waals surface area contributed by atoms with Crippen LogP contribution in [0.15, 0.2) is 54.7 Å². The zero-order valence-electron chi connectivity index (χ0n) is 18.9. The minimum absolute atomic E-state index is 0.0547. The first-order valence-electron chi connectivity index (χ1n) is 11.1. The van der Waals surface area contributed by atoms with Gasteiger partial charge in [-0.2, -0.15) is 13.2 Å². The number of nitrogens with one attached hydrogen (secondary N) is 1. The van der Waals surface area contributed by atoms with Gasteiger partial charge in [-0.25, -0.2) is 4.98 Å². The maximum absolute atomic E-state index is 13.8. The van der Waals surface area contributed by atoms with Crippen LogP contribution < -0.4 is 19.9 Å². The summed E-state index contributed by atoms with van der Waals surface area (Å²) >= 11 is 0. The molecule has 0 unspecified atom stereocenters. The molecule has 2 aliphatic rings. The second-order valence-electron chi connectivity index (χ2n) is 8.24. The smallest absolute Gasteiger partial charge is 0.419 e. The SMILES string of the molecule is COc1cc(N2CCOCC2)ccc1Nc1cc(N2Cc3ccccc3C2=O)c(C(F)(F)F)cn1. The van der Waals surface area contributed by atoms with Gasteiger partial charge in [0.1, 0.15) is 11.6 Å². The zero-order valence-corrected chi connectivity index (χ0v) is 18.9. The second-order valence-corrected chi connectivity index (χ2v) is 8.24. The largest absolute Gasteiger partial charge is 0.494 e. The molecule has 0 saturated carbocycles. The fourth-order valence-corrected chi connectivity index (χ4v) is 4.34. The molecule has 5 rings (SSSR count). The van der Waals surface area contributed by atoms with E-state index in [1.807, 2.05) is 12.1 Å². The number of hydrogen-bond acceptors (Lipinski definition) is 6. The number of rotatable bonds is 5. The van der Waals surface area contributed by atoms with E-state index in [-0.39, 0.29) is 18.1 Å². The molecule has 0 spiro atoms. The number of hydrogen-bond donors (Lipinski definition) is 1. The van der Waals surface area contributed by atoms with Crippen LogP contribution in [0.3, 0.4) is 0 Å². The number of carbonyl (C=O) groups excluding carboxylic acids is 1. The number of benzene rings is 2. The van der Waals surface area contributed by atoms with Gasteiger partial charge in [0, 0.05) is 42.7 Å². The molecule has 1 fully saturated rings. The lowest BCUT2D eigenvalue weighted by Crippen LogP contribution is -2.36. The van der Waals surface area contributed by atoms with E-state index in [0.29, 0.717) is 35.8 Å². The number of amides is 1. The van der Waals surface area contributed by atoms with Crippen LogP contribution in [0.25, 0.3) is 0 Å². The molecule has 35 heavy (non-hydrogen) atoms. The maximum Gasteiger partial charge on any atom is 0.419 e. The van der Waals surface area contributed by atoms with Crippen molar-refractivity contribution in [1.29, 1.82) is 0 Å². The summed E-state index contributed by atoms with van der Waals surface area (Å²) in [6, 6.07) is 13.6. The van der Waals surface area contributed by atoms with E-state index in [0.717, 1.165) is 29.9 Å². The van der Waals surface area contributed by atoms with Crippen LogP contribution >= 0.6 is 0 Å². The van der Waals surface area contributed by atoms with Crippen molar-refractivity contribution in [2.45, 2.75) is 12.7 Å². The molecule has 0 aliphatic carbocycles. The van der Waals surface area contributed by atoms with Gasteiger partial charge in [0.25, 0.3) is 5.91 Å². The van der Waals surface area contributed by atoms with Gasteiger partial charge in [0.15, 0.2) is 0 Å². The Morgan fingerprint density at radius 2 is 1.86 bits per heavy atom. The van der Waals surface area contributed by atoms with Crippen LogP contribution in [0.2, 0.25) is 0 Å². The Hall–Kier alpha value is -3.79. The number of methoxy groups -OCH3 is 1. The average molecular weight is 484 g/mol. The van der Waals surface area contributed by atoms with Gasteiger partial charge in [-0.3, -0.25) is 4.79 Å². The van der Waals surface area contributed by atoms with E-state index in [1.165, 1.54) is 13.2 Å². The van der Waals surface area contributed by atoms with Gasteiger partial charge in [-0.05, 0) is 23.8 Å². The van der Waals surface area contributed by atoms with E-state index in [4.69, 9.17) is 9.47 Å². The number of alkyl halides is 3. The molecule has 0 bridgehead atoms. The number of pyridine rings is 1. The van der Waals surface area contributed by atoms with Crippen molar-refractivity contribution < 1.29 is 27.4 Å². The van der Waals surface area contributed by atoms with E-state index in [9.17, 15) is 18.0 Å². The lowest BCUT2D eigenvalue weighted by Gasteiger charge is -2.29. The number of nitrogens with zero attached hydrogens (tertiary/aromatic N) is 3. The highest BCUT2D eigenvalue weighted by Gasteiger charge is 2.39.